The molecular formula is C14H16O2. The predicted molar refractivity (Wildman–Crippen MR) is 61.0 cm³/mol. The zero-order chi connectivity index (χ0) is 11.0. The van der Waals surface area contributed by atoms with E-state index >= 15 is 0 Å². The number of ether oxygens (including phenoxy) is 1. The number of benzene rings is 1. The van der Waals surface area contributed by atoms with Crippen LogP contribution in [0.15, 0.2) is 30.3 Å². The number of esters is 1. The van der Waals surface area contributed by atoms with Crippen molar-refractivity contribution in [3.05, 3.63) is 35.9 Å². The number of carbonyl (C=O) groups excluding carboxylic acids is 1. The smallest absolute Gasteiger partial charge is 0.309 e. The molecule has 0 N–H and O–H groups in total. The molecule has 0 aromatic heterocycles. The van der Waals surface area contributed by atoms with E-state index in [0.717, 1.165) is 12.8 Å². The maximum atomic E-state index is 11.8. The van der Waals surface area contributed by atoms with Gasteiger partial charge in [-0.1, -0.05) is 36.8 Å². The third-order valence-corrected chi connectivity index (χ3v) is 3.97. The molecule has 2 fully saturated rings. The summed E-state index contributed by atoms with van der Waals surface area (Å²) in [7, 11) is 0. The van der Waals surface area contributed by atoms with Gasteiger partial charge in [0.15, 0.2) is 0 Å². The van der Waals surface area contributed by atoms with E-state index in [1.807, 2.05) is 6.07 Å². The molecule has 0 unspecified atom stereocenters. The van der Waals surface area contributed by atoms with Crippen molar-refractivity contribution in [2.24, 2.45) is 11.8 Å². The molecule has 3 atom stereocenters. The minimum atomic E-state index is 0.0264. The Morgan fingerprint density at radius 2 is 1.94 bits per heavy atom. The summed E-state index contributed by atoms with van der Waals surface area (Å²) in [5, 5.41) is 0. The number of rotatable bonds is 1. The Kier molecular flexibility index (Phi) is 2.43. The van der Waals surface area contributed by atoms with Crippen molar-refractivity contribution in [1.29, 1.82) is 0 Å². The van der Waals surface area contributed by atoms with Gasteiger partial charge in [-0.3, -0.25) is 4.79 Å². The maximum Gasteiger partial charge on any atom is 0.309 e. The topological polar surface area (TPSA) is 26.3 Å². The SMILES string of the molecule is O=C1OC[C@@H]2CCC[C@H](c3ccccc3)[C@@H]12. The van der Waals surface area contributed by atoms with Gasteiger partial charge < -0.3 is 4.74 Å². The molecule has 1 aliphatic heterocycles. The van der Waals surface area contributed by atoms with Crippen LogP contribution < -0.4 is 0 Å². The molecule has 1 aromatic rings. The minimum Gasteiger partial charge on any atom is -0.465 e. The summed E-state index contributed by atoms with van der Waals surface area (Å²) in [6, 6.07) is 10.4. The van der Waals surface area contributed by atoms with Crippen molar-refractivity contribution in [1.82, 2.24) is 0 Å². The highest BCUT2D eigenvalue weighted by Gasteiger charge is 2.44. The molecule has 2 heteroatoms. The number of fused-ring (bicyclic) bond motifs is 1. The first-order valence-corrected chi connectivity index (χ1v) is 6.08. The zero-order valence-corrected chi connectivity index (χ0v) is 9.26. The Morgan fingerprint density at radius 1 is 1.12 bits per heavy atom. The Labute approximate surface area is 95.6 Å². The third kappa shape index (κ3) is 1.53. The van der Waals surface area contributed by atoms with Crippen LogP contribution in [0.3, 0.4) is 0 Å². The van der Waals surface area contributed by atoms with Crippen LogP contribution in [0.5, 0.6) is 0 Å². The summed E-state index contributed by atoms with van der Waals surface area (Å²) in [4.78, 5) is 11.8. The lowest BCUT2D eigenvalue weighted by atomic mass is 9.71. The average molecular weight is 216 g/mol. The minimum absolute atomic E-state index is 0.0264. The summed E-state index contributed by atoms with van der Waals surface area (Å²) in [6.07, 6.45) is 3.50. The highest BCUT2D eigenvalue weighted by Crippen LogP contribution is 2.44. The van der Waals surface area contributed by atoms with Gasteiger partial charge >= 0.3 is 5.97 Å². The quantitative estimate of drug-likeness (QED) is 0.675. The Bertz CT molecular complexity index is 385. The van der Waals surface area contributed by atoms with Crippen LogP contribution in [0.25, 0.3) is 0 Å². The van der Waals surface area contributed by atoms with E-state index in [1.165, 1.54) is 12.0 Å². The lowest BCUT2D eigenvalue weighted by Crippen LogP contribution is -2.28. The molecule has 1 heterocycles. The fraction of sp³-hybridized carbons (Fsp3) is 0.500. The summed E-state index contributed by atoms with van der Waals surface area (Å²) < 4.78 is 5.21. The first-order valence-electron chi connectivity index (χ1n) is 6.08. The summed E-state index contributed by atoms with van der Waals surface area (Å²) in [5.74, 6) is 0.996. The van der Waals surface area contributed by atoms with Crippen molar-refractivity contribution in [2.75, 3.05) is 6.61 Å². The molecule has 2 aliphatic rings. The molecule has 1 saturated carbocycles. The fourth-order valence-corrected chi connectivity index (χ4v) is 3.19. The van der Waals surface area contributed by atoms with Crippen molar-refractivity contribution in [2.45, 2.75) is 25.2 Å². The van der Waals surface area contributed by atoms with Gasteiger partial charge in [-0.15, -0.1) is 0 Å². The van der Waals surface area contributed by atoms with E-state index in [4.69, 9.17) is 4.74 Å². The second-order valence-electron chi connectivity index (χ2n) is 4.86. The molecular weight excluding hydrogens is 200 g/mol. The van der Waals surface area contributed by atoms with E-state index in [0.29, 0.717) is 18.4 Å². The summed E-state index contributed by atoms with van der Waals surface area (Å²) in [5.41, 5.74) is 1.30. The Balaban J connectivity index is 1.92. The Morgan fingerprint density at radius 3 is 2.75 bits per heavy atom. The van der Waals surface area contributed by atoms with Gasteiger partial charge in [0.25, 0.3) is 0 Å². The van der Waals surface area contributed by atoms with Crippen molar-refractivity contribution >= 4 is 5.97 Å². The normalized spacial score (nSPS) is 33.2. The van der Waals surface area contributed by atoms with E-state index in [9.17, 15) is 4.79 Å². The van der Waals surface area contributed by atoms with Crippen molar-refractivity contribution in [3.8, 4) is 0 Å². The monoisotopic (exact) mass is 216 g/mol. The average Bonchev–Trinajstić information content (AvgIpc) is 2.73. The molecule has 0 spiro atoms. The van der Waals surface area contributed by atoms with Gasteiger partial charge in [0, 0.05) is 5.92 Å². The Hall–Kier alpha value is -1.31. The lowest BCUT2D eigenvalue weighted by Gasteiger charge is -2.30. The van der Waals surface area contributed by atoms with Gasteiger partial charge in [0.1, 0.15) is 0 Å². The van der Waals surface area contributed by atoms with Gasteiger partial charge in [0.2, 0.25) is 0 Å². The number of cyclic esters (lactones) is 1. The van der Waals surface area contributed by atoms with Crippen LogP contribution in [-0.4, -0.2) is 12.6 Å². The molecule has 0 amide bonds. The summed E-state index contributed by atoms with van der Waals surface area (Å²) >= 11 is 0. The van der Waals surface area contributed by atoms with Crippen molar-refractivity contribution in [3.63, 3.8) is 0 Å². The number of hydrogen-bond donors (Lipinski definition) is 0. The maximum absolute atomic E-state index is 11.8. The van der Waals surface area contributed by atoms with Crippen LogP contribution in [0.2, 0.25) is 0 Å². The standard InChI is InChI=1S/C14H16O2/c15-14-13-11(9-16-14)7-4-8-12(13)10-5-2-1-3-6-10/h1-3,5-6,11-13H,4,7-9H2/t11-,12+,13-/m0/s1. The molecule has 16 heavy (non-hydrogen) atoms. The molecule has 1 aliphatic carbocycles. The van der Waals surface area contributed by atoms with Crippen LogP contribution in [-0.2, 0) is 9.53 Å². The number of carbonyl (C=O) groups is 1. The second kappa shape index (κ2) is 3.93. The van der Waals surface area contributed by atoms with Crippen LogP contribution in [0.1, 0.15) is 30.7 Å². The van der Waals surface area contributed by atoms with Crippen LogP contribution in [0.4, 0.5) is 0 Å². The van der Waals surface area contributed by atoms with E-state index in [1.54, 1.807) is 0 Å². The summed E-state index contributed by atoms with van der Waals surface area (Å²) in [6.45, 7) is 0.646. The molecule has 3 rings (SSSR count). The zero-order valence-electron chi connectivity index (χ0n) is 9.26. The van der Waals surface area contributed by atoms with Crippen molar-refractivity contribution < 1.29 is 9.53 Å². The second-order valence-corrected chi connectivity index (χ2v) is 4.86. The van der Waals surface area contributed by atoms with Gasteiger partial charge in [0.05, 0.1) is 12.5 Å². The largest absolute Gasteiger partial charge is 0.465 e. The van der Waals surface area contributed by atoms with E-state index in [-0.39, 0.29) is 11.9 Å². The number of hydrogen-bond acceptors (Lipinski definition) is 2. The molecule has 2 nitrogen and oxygen atoms in total. The molecule has 0 bridgehead atoms. The van der Waals surface area contributed by atoms with E-state index in [2.05, 4.69) is 24.3 Å². The molecule has 1 saturated heterocycles. The molecule has 84 valence electrons. The van der Waals surface area contributed by atoms with Gasteiger partial charge in [-0.2, -0.15) is 0 Å². The van der Waals surface area contributed by atoms with Gasteiger partial charge in [-0.25, -0.2) is 0 Å². The third-order valence-electron chi connectivity index (χ3n) is 3.97. The fourth-order valence-electron chi connectivity index (χ4n) is 3.19. The predicted octanol–water partition coefficient (Wildman–Crippen LogP) is 2.74. The van der Waals surface area contributed by atoms with Crippen LogP contribution >= 0.6 is 0 Å². The highest BCUT2D eigenvalue weighted by molar-refractivity contribution is 5.76. The van der Waals surface area contributed by atoms with Crippen LogP contribution in [0, 0.1) is 11.8 Å². The lowest BCUT2D eigenvalue weighted by molar-refractivity contribution is -0.142. The first-order chi connectivity index (χ1) is 7.86. The highest BCUT2D eigenvalue weighted by atomic mass is 16.5. The van der Waals surface area contributed by atoms with E-state index < -0.39 is 0 Å². The first kappa shape index (κ1) is 9.88. The molecule has 0 radical (unpaired) electrons. The molecule has 1 aromatic carbocycles. The van der Waals surface area contributed by atoms with Gasteiger partial charge in [-0.05, 0) is 24.3 Å².